The summed E-state index contributed by atoms with van der Waals surface area (Å²) in [6.07, 6.45) is 4.58. The van der Waals surface area contributed by atoms with Gasteiger partial charge in [-0.15, -0.1) is 0 Å². The van der Waals surface area contributed by atoms with Gasteiger partial charge in [-0.25, -0.2) is 5.01 Å². The van der Waals surface area contributed by atoms with Crippen LogP contribution in [-0.2, 0) is 9.59 Å². The zero-order valence-electron chi connectivity index (χ0n) is 16.8. The van der Waals surface area contributed by atoms with Gasteiger partial charge in [-0.3, -0.25) is 9.59 Å². The second-order valence-corrected chi connectivity index (χ2v) is 8.71. The van der Waals surface area contributed by atoms with Crippen LogP contribution in [0, 0.1) is 5.92 Å². The average molecular weight is 457 g/mol. The molecule has 160 valence electrons. The molecule has 1 aliphatic carbocycles. The van der Waals surface area contributed by atoms with Crippen LogP contribution < -0.4 is 0 Å². The summed E-state index contributed by atoms with van der Waals surface area (Å²) in [6.45, 7) is 0. The van der Waals surface area contributed by atoms with Gasteiger partial charge >= 0.3 is 5.97 Å². The first kappa shape index (κ1) is 21.6. The zero-order valence-corrected chi connectivity index (χ0v) is 18.3. The monoisotopic (exact) mass is 456 g/mol. The Kier molecular flexibility index (Phi) is 6.44. The van der Waals surface area contributed by atoms with Gasteiger partial charge in [-0.1, -0.05) is 47.5 Å². The van der Waals surface area contributed by atoms with Gasteiger partial charge in [0.05, 0.1) is 18.2 Å². The number of benzene rings is 2. The molecule has 1 amide bonds. The molecule has 1 N–H and O–H groups in total. The van der Waals surface area contributed by atoms with E-state index in [1.54, 1.807) is 0 Å². The molecule has 1 heterocycles. The Morgan fingerprint density at radius 2 is 1.68 bits per heavy atom. The molecule has 2 atom stereocenters. The third-order valence-corrected chi connectivity index (χ3v) is 6.24. The second-order valence-electron chi connectivity index (χ2n) is 7.83. The van der Waals surface area contributed by atoms with E-state index in [1.807, 2.05) is 48.5 Å². The summed E-state index contributed by atoms with van der Waals surface area (Å²) < 4.78 is 0. The van der Waals surface area contributed by atoms with E-state index in [0.29, 0.717) is 10.0 Å². The van der Waals surface area contributed by atoms with Gasteiger partial charge in [0.2, 0.25) is 5.91 Å². The van der Waals surface area contributed by atoms with Crippen molar-refractivity contribution >= 4 is 46.9 Å². The standard InChI is InChI=1S/C24H22Cl2N2O3/c25-18-8-4-15(5-9-18)14-17-2-1-3-20-23(17)27-28(21(29)12-13-22(30)31)24(20)16-6-10-19(26)11-7-16/h4-11,14,20,24H,1-3,12-13H2,(H,30,31)/b17-14+. The lowest BCUT2D eigenvalue weighted by Crippen LogP contribution is -2.32. The van der Waals surface area contributed by atoms with E-state index in [-0.39, 0.29) is 30.7 Å². The molecule has 0 bridgehead atoms. The van der Waals surface area contributed by atoms with Crippen LogP contribution in [0.25, 0.3) is 6.08 Å². The SMILES string of the molecule is O=C(O)CCC(=O)N1N=C2/C(=C/c3ccc(Cl)cc3)CCCC2C1c1ccc(Cl)cc1. The van der Waals surface area contributed by atoms with Gasteiger partial charge in [0.15, 0.2) is 0 Å². The fourth-order valence-electron chi connectivity index (χ4n) is 4.29. The maximum absolute atomic E-state index is 12.9. The summed E-state index contributed by atoms with van der Waals surface area (Å²) in [7, 11) is 0. The molecular weight excluding hydrogens is 435 g/mol. The molecule has 0 aromatic heterocycles. The highest BCUT2D eigenvalue weighted by Gasteiger charge is 2.43. The number of allylic oxidation sites excluding steroid dienone is 1. The van der Waals surface area contributed by atoms with Crippen molar-refractivity contribution in [3.05, 3.63) is 75.3 Å². The number of carboxylic acids is 1. The molecule has 0 radical (unpaired) electrons. The quantitative estimate of drug-likeness (QED) is 0.601. The van der Waals surface area contributed by atoms with Crippen molar-refractivity contribution in [3.63, 3.8) is 0 Å². The van der Waals surface area contributed by atoms with Crippen LogP contribution in [0.4, 0.5) is 0 Å². The molecule has 2 aromatic carbocycles. The summed E-state index contributed by atoms with van der Waals surface area (Å²) in [5.41, 5.74) is 3.99. The van der Waals surface area contributed by atoms with Crippen molar-refractivity contribution in [3.8, 4) is 0 Å². The minimum absolute atomic E-state index is 0.0576. The van der Waals surface area contributed by atoms with Crippen molar-refractivity contribution in [1.29, 1.82) is 0 Å². The molecule has 0 saturated heterocycles. The zero-order chi connectivity index (χ0) is 22.0. The number of hydrogen-bond donors (Lipinski definition) is 1. The Bertz CT molecular complexity index is 1050. The Labute approximate surface area is 191 Å². The number of halogens is 2. The summed E-state index contributed by atoms with van der Waals surface area (Å²) in [6, 6.07) is 14.8. The number of carbonyl (C=O) groups excluding carboxylic acids is 1. The molecule has 2 aliphatic rings. The molecule has 4 rings (SSSR count). The number of carboxylic acid groups (broad SMARTS) is 1. The number of amides is 1. The van der Waals surface area contributed by atoms with Crippen molar-refractivity contribution in [2.45, 2.75) is 38.1 Å². The molecule has 1 saturated carbocycles. The fourth-order valence-corrected chi connectivity index (χ4v) is 4.54. The van der Waals surface area contributed by atoms with Crippen molar-refractivity contribution in [1.82, 2.24) is 5.01 Å². The van der Waals surface area contributed by atoms with Gasteiger partial charge in [0, 0.05) is 22.4 Å². The van der Waals surface area contributed by atoms with Crippen LogP contribution in [0.3, 0.4) is 0 Å². The Morgan fingerprint density at radius 3 is 2.32 bits per heavy atom. The van der Waals surface area contributed by atoms with E-state index in [4.69, 9.17) is 33.4 Å². The van der Waals surface area contributed by atoms with Gasteiger partial charge in [0.25, 0.3) is 0 Å². The Hall–Kier alpha value is -2.63. The summed E-state index contributed by atoms with van der Waals surface area (Å²) in [5, 5.41) is 16.6. The smallest absolute Gasteiger partial charge is 0.303 e. The van der Waals surface area contributed by atoms with Crippen LogP contribution in [0.5, 0.6) is 0 Å². The van der Waals surface area contributed by atoms with E-state index >= 15 is 0 Å². The highest BCUT2D eigenvalue weighted by atomic mass is 35.5. The third kappa shape index (κ3) is 4.83. The molecule has 7 heteroatoms. The maximum Gasteiger partial charge on any atom is 0.303 e. The number of carbonyl (C=O) groups is 2. The summed E-state index contributed by atoms with van der Waals surface area (Å²) in [4.78, 5) is 23.9. The maximum atomic E-state index is 12.9. The summed E-state index contributed by atoms with van der Waals surface area (Å²) in [5.74, 6) is -1.22. The van der Waals surface area contributed by atoms with Crippen molar-refractivity contribution < 1.29 is 14.7 Å². The topological polar surface area (TPSA) is 70.0 Å². The van der Waals surface area contributed by atoms with Crippen LogP contribution in [-0.4, -0.2) is 27.7 Å². The Morgan fingerprint density at radius 1 is 1.03 bits per heavy atom. The molecule has 2 aromatic rings. The molecule has 1 fully saturated rings. The lowest BCUT2D eigenvalue weighted by molar-refractivity contribution is -0.141. The third-order valence-electron chi connectivity index (χ3n) is 5.73. The van der Waals surface area contributed by atoms with Gasteiger partial charge < -0.3 is 5.11 Å². The second kappa shape index (κ2) is 9.25. The van der Waals surface area contributed by atoms with E-state index < -0.39 is 5.97 Å². The van der Waals surface area contributed by atoms with Gasteiger partial charge in [-0.05, 0) is 66.3 Å². The lowest BCUT2D eigenvalue weighted by atomic mass is 9.77. The minimum atomic E-state index is -0.996. The van der Waals surface area contributed by atoms with Crippen LogP contribution in [0.1, 0.15) is 49.3 Å². The largest absolute Gasteiger partial charge is 0.481 e. The van der Waals surface area contributed by atoms with Gasteiger partial charge in [-0.2, -0.15) is 5.10 Å². The number of hydrazone groups is 1. The molecule has 5 nitrogen and oxygen atoms in total. The molecule has 0 spiro atoms. The van der Waals surface area contributed by atoms with Crippen molar-refractivity contribution in [2.75, 3.05) is 0 Å². The average Bonchev–Trinajstić information content (AvgIpc) is 3.15. The van der Waals surface area contributed by atoms with E-state index in [1.165, 1.54) is 5.01 Å². The predicted octanol–water partition coefficient (Wildman–Crippen LogP) is 5.98. The van der Waals surface area contributed by atoms with Crippen LogP contribution in [0.2, 0.25) is 10.0 Å². The summed E-state index contributed by atoms with van der Waals surface area (Å²) >= 11 is 12.1. The first-order chi connectivity index (χ1) is 14.9. The highest BCUT2D eigenvalue weighted by molar-refractivity contribution is 6.30. The molecule has 1 aliphatic heterocycles. The number of aliphatic carboxylic acids is 1. The number of fused-ring (bicyclic) bond motifs is 1. The normalized spacial score (nSPS) is 21.7. The van der Waals surface area contributed by atoms with Crippen LogP contribution >= 0.6 is 23.2 Å². The number of rotatable bonds is 5. The van der Waals surface area contributed by atoms with Gasteiger partial charge in [0.1, 0.15) is 0 Å². The molecule has 31 heavy (non-hydrogen) atoms. The minimum Gasteiger partial charge on any atom is -0.481 e. The first-order valence-electron chi connectivity index (χ1n) is 10.3. The highest BCUT2D eigenvalue weighted by Crippen LogP contribution is 2.44. The van der Waals surface area contributed by atoms with E-state index in [2.05, 4.69) is 6.08 Å². The number of hydrogen-bond acceptors (Lipinski definition) is 3. The van der Waals surface area contributed by atoms with E-state index in [0.717, 1.165) is 41.7 Å². The van der Waals surface area contributed by atoms with E-state index in [9.17, 15) is 9.59 Å². The molecule has 2 unspecified atom stereocenters. The predicted molar refractivity (Wildman–Crippen MR) is 122 cm³/mol. The lowest BCUT2D eigenvalue weighted by Gasteiger charge is -2.29. The fraction of sp³-hybridized carbons (Fsp3) is 0.292. The molecular formula is C24H22Cl2N2O3. The van der Waals surface area contributed by atoms with Crippen LogP contribution in [0.15, 0.2) is 59.2 Å². The number of nitrogens with zero attached hydrogens (tertiary/aromatic N) is 2. The van der Waals surface area contributed by atoms with Crippen molar-refractivity contribution in [2.24, 2.45) is 11.0 Å². The first-order valence-corrected chi connectivity index (χ1v) is 11.0. The Balaban J connectivity index is 1.70.